The van der Waals surface area contributed by atoms with Gasteiger partial charge in [-0.25, -0.2) is 0 Å². The molecule has 0 aliphatic carbocycles. The molecular formula is C33H43N3O9S2. The molecule has 12 nitrogen and oxygen atoms in total. The summed E-state index contributed by atoms with van der Waals surface area (Å²) in [4.78, 5) is 41.2. The first-order valence-electron chi connectivity index (χ1n) is 15.8. The third kappa shape index (κ3) is 9.55. The van der Waals surface area contributed by atoms with E-state index in [-0.39, 0.29) is 52.3 Å². The molecule has 0 radical (unpaired) electrons. The average molecular weight is 690 g/mol. The van der Waals surface area contributed by atoms with E-state index in [0.717, 1.165) is 29.9 Å². The second-order valence-electron chi connectivity index (χ2n) is 10.8. The topological polar surface area (TPSA) is 141 Å². The van der Waals surface area contributed by atoms with Gasteiger partial charge in [-0.3, -0.25) is 19.7 Å². The Morgan fingerprint density at radius 3 is 2.40 bits per heavy atom. The lowest BCUT2D eigenvalue weighted by Crippen LogP contribution is -2.41. The van der Waals surface area contributed by atoms with Crippen LogP contribution in [0.2, 0.25) is 0 Å². The smallest absolute Gasteiger partial charge is 0.285 e. The Balaban J connectivity index is 1.41. The molecule has 47 heavy (non-hydrogen) atoms. The van der Waals surface area contributed by atoms with Crippen molar-refractivity contribution < 1.29 is 38.6 Å². The van der Waals surface area contributed by atoms with E-state index in [2.05, 4.69) is 13.8 Å². The number of aliphatic hydroxyl groups excluding tert-OH is 1. The van der Waals surface area contributed by atoms with Gasteiger partial charge in [0.15, 0.2) is 11.5 Å². The summed E-state index contributed by atoms with van der Waals surface area (Å²) >= 11 is 3.58. The molecule has 2 aliphatic heterocycles. The maximum Gasteiger partial charge on any atom is 0.285 e. The van der Waals surface area contributed by atoms with Gasteiger partial charge in [-0.1, -0.05) is 19.9 Å². The lowest BCUT2D eigenvalue weighted by atomic mass is 10.1. The number of thioether (sulfide) groups is 2. The quantitative estimate of drug-likeness (QED) is 0.0849. The van der Waals surface area contributed by atoms with E-state index in [9.17, 15) is 24.8 Å². The normalized spacial score (nSPS) is 16.6. The number of morpholine rings is 1. The fourth-order valence-corrected chi connectivity index (χ4v) is 8.41. The third-order valence-corrected chi connectivity index (χ3v) is 10.6. The number of hydrogen-bond donors (Lipinski definition) is 1. The fraction of sp³-hybridized carbons (Fsp3) is 0.515. The van der Waals surface area contributed by atoms with Gasteiger partial charge >= 0.3 is 0 Å². The Hall–Kier alpha value is -3.46. The molecule has 1 N–H and O–H groups in total. The van der Waals surface area contributed by atoms with Gasteiger partial charge in [0.25, 0.3) is 11.6 Å². The SMILES string of the molecule is CCSC(SCC)[C@@H]1CCCN1C(=O)c1cc(CO)c(OCCOc2ccc(/C=C/C(=O)N3CCOCC3)cc2OC)cc1[N+](=O)[O-]. The number of aliphatic hydroxyl groups is 1. The number of rotatable bonds is 16. The Labute approximate surface area is 283 Å². The molecule has 2 heterocycles. The number of ether oxygens (including phenoxy) is 4. The zero-order valence-electron chi connectivity index (χ0n) is 27.1. The van der Waals surface area contributed by atoms with Crippen LogP contribution in [-0.2, 0) is 16.1 Å². The number of carbonyl (C=O) groups is 2. The molecule has 0 spiro atoms. The molecule has 2 fully saturated rings. The summed E-state index contributed by atoms with van der Waals surface area (Å²) in [7, 11) is 1.51. The van der Waals surface area contributed by atoms with Crippen molar-refractivity contribution in [2.24, 2.45) is 0 Å². The van der Waals surface area contributed by atoms with Crippen LogP contribution in [0.1, 0.15) is 48.2 Å². The molecule has 256 valence electrons. The maximum atomic E-state index is 13.7. The fourth-order valence-electron chi connectivity index (χ4n) is 5.54. The van der Waals surface area contributed by atoms with Crippen LogP contribution in [0.5, 0.6) is 17.2 Å². The first-order chi connectivity index (χ1) is 22.8. The molecule has 2 aromatic carbocycles. The number of nitro groups is 1. The number of amides is 2. The predicted molar refractivity (Wildman–Crippen MR) is 184 cm³/mol. The zero-order chi connectivity index (χ0) is 33.8. The van der Waals surface area contributed by atoms with E-state index < -0.39 is 17.4 Å². The minimum absolute atomic E-state index is 0.00860. The van der Waals surface area contributed by atoms with Crippen LogP contribution in [0.25, 0.3) is 6.08 Å². The van der Waals surface area contributed by atoms with Crippen molar-refractivity contribution in [1.29, 1.82) is 0 Å². The number of carbonyl (C=O) groups excluding carboxylic acids is 2. The maximum absolute atomic E-state index is 13.7. The molecule has 0 aromatic heterocycles. The van der Waals surface area contributed by atoms with Gasteiger partial charge in [-0.05, 0) is 54.2 Å². The average Bonchev–Trinajstić information content (AvgIpc) is 3.59. The Kier molecular flexibility index (Phi) is 14.1. The summed E-state index contributed by atoms with van der Waals surface area (Å²) in [6, 6.07) is 7.82. The van der Waals surface area contributed by atoms with Gasteiger partial charge < -0.3 is 33.9 Å². The van der Waals surface area contributed by atoms with Crippen molar-refractivity contribution in [3.8, 4) is 17.2 Å². The molecule has 14 heteroatoms. The van der Waals surface area contributed by atoms with E-state index in [4.69, 9.17) is 18.9 Å². The standard InChI is InChI=1S/C33H43N3O9S2/c1-4-46-33(47-5-2)26-7-6-12-35(26)32(39)25-20-24(22-37)29(21-27(25)36(40)41)45-18-17-44-28-10-8-23(19-30(28)42-3)9-11-31(38)34-13-15-43-16-14-34/h8-11,19-21,26,33,37H,4-7,12-18,22H2,1-3H3/b11-9+/t26-/m0/s1. The second-order valence-corrected chi connectivity index (χ2v) is 13.9. The molecular weight excluding hydrogens is 647 g/mol. The van der Waals surface area contributed by atoms with Crippen molar-refractivity contribution in [2.45, 2.75) is 43.9 Å². The summed E-state index contributed by atoms with van der Waals surface area (Å²) in [6.45, 7) is 6.50. The van der Waals surface area contributed by atoms with E-state index in [0.29, 0.717) is 44.3 Å². The minimum Gasteiger partial charge on any atom is -0.493 e. The Morgan fingerprint density at radius 2 is 1.77 bits per heavy atom. The lowest BCUT2D eigenvalue weighted by Gasteiger charge is -2.31. The van der Waals surface area contributed by atoms with Gasteiger partial charge in [-0.2, -0.15) is 0 Å². The van der Waals surface area contributed by atoms with Gasteiger partial charge in [0.1, 0.15) is 24.5 Å². The number of methoxy groups -OCH3 is 1. The number of benzene rings is 2. The molecule has 2 aliphatic rings. The summed E-state index contributed by atoms with van der Waals surface area (Å²) < 4.78 is 22.6. The first kappa shape index (κ1) is 36.4. The van der Waals surface area contributed by atoms with Crippen molar-refractivity contribution >= 4 is 47.1 Å². The number of nitro benzene ring substituents is 1. The Bertz CT molecular complexity index is 1410. The number of hydrogen-bond acceptors (Lipinski definition) is 11. The highest BCUT2D eigenvalue weighted by Crippen LogP contribution is 2.38. The number of likely N-dealkylation sites (tertiary alicyclic amines) is 1. The van der Waals surface area contributed by atoms with E-state index in [1.165, 1.54) is 25.3 Å². The Morgan fingerprint density at radius 1 is 1.06 bits per heavy atom. The predicted octanol–water partition coefficient (Wildman–Crippen LogP) is 4.86. The summed E-state index contributed by atoms with van der Waals surface area (Å²) in [5.41, 5.74) is 0.610. The van der Waals surface area contributed by atoms with Crippen LogP contribution in [-0.4, -0.2) is 107 Å². The molecule has 4 rings (SSSR count). The van der Waals surface area contributed by atoms with Crippen LogP contribution in [0, 0.1) is 10.1 Å². The molecule has 0 saturated carbocycles. The summed E-state index contributed by atoms with van der Waals surface area (Å²) in [5.74, 6) is 2.34. The summed E-state index contributed by atoms with van der Waals surface area (Å²) in [5, 5.41) is 22.2. The van der Waals surface area contributed by atoms with Crippen LogP contribution in [0.3, 0.4) is 0 Å². The number of nitrogens with zero attached hydrogens (tertiary/aromatic N) is 3. The molecule has 2 aromatic rings. The summed E-state index contributed by atoms with van der Waals surface area (Å²) in [6.07, 6.45) is 4.91. The zero-order valence-corrected chi connectivity index (χ0v) is 28.7. The van der Waals surface area contributed by atoms with Crippen molar-refractivity contribution in [1.82, 2.24) is 9.80 Å². The largest absolute Gasteiger partial charge is 0.493 e. The molecule has 2 amide bonds. The van der Waals surface area contributed by atoms with Crippen molar-refractivity contribution in [2.75, 3.05) is 64.7 Å². The molecule has 1 atom stereocenters. The van der Waals surface area contributed by atoms with Crippen molar-refractivity contribution in [3.05, 3.63) is 63.2 Å². The van der Waals surface area contributed by atoms with Crippen molar-refractivity contribution in [3.63, 3.8) is 0 Å². The van der Waals surface area contributed by atoms with Crippen LogP contribution >= 0.6 is 23.5 Å². The monoisotopic (exact) mass is 689 g/mol. The van der Waals surface area contributed by atoms with Gasteiger partial charge in [-0.15, -0.1) is 23.5 Å². The van der Waals surface area contributed by atoms with E-state index >= 15 is 0 Å². The molecule has 2 saturated heterocycles. The van der Waals surface area contributed by atoms with E-state index in [1.807, 2.05) is 0 Å². The molecule has 0 bridgehead atoms. The van der Waals surface area contributed by atoms with Gasteiger partial charge in [0.2, 0.25) is 5.91 Å². The molecule has 0 unspecified atom stereocenters. The second kappa shape index (κ2) is 18.2. The van der Waals surface area contributed by atoms with Crippen LogP contribution < -0.4 is 14.2 Å². The van der Waals surface area contributed by atoms with Gasteiger partial charge in [0.05, 0.1) is 48.5 Å². The highest BCUT2D eigenvalue weighted by Gasteiger charge is 2.38. The lowest BCUT2D eigenvalue weighted by molar-refractivity contribution is -0.385. The highest BCUT2D eigenvalue weighted by molar-refractivity contribution is 8.17. The van der Waals surface area contributed by atoms with E-state index in [1.54, 1.807) is 57.6 Å². The first-order valence-corrected chi connectivity index (χ1v) is 17.9. The highest BCUT2D eigenvalue weighted by atomic mass is 32.2. The van der Waals surface area contributed by atoms with Gasteiger partial charge in [0, 0.05) is 31.3 Å². The van der Waals surface area contributed by atoms with Crippen LogP contribution in [0.4, 0.5) is 5.69 Å². The third-order valence-electron chi connectivity index (χ3n) is 7.84. The van der Waals surface area contributed by atoms with Crippen LogP contribution in [0.15, 0.2) is 36.4 Å². The minimum atomic E-state index is -0.586.